The maximum atomic E-state index is 13.7. The van der Waals surface area contributed by atoms with Crippen molar-refractivity contribution in [2.75, 3.05) is 18.6 Å². The van der Waals surface area contributed by atoms with E-state index in [1.807, 2.05) is 0 Å². The average molecular weight is 271 g/mol. The smallest absolute Gasteiger partial charge is 0.339 e. The molecule has 3 nitrogen and oxygen atoms in total. The van der Waals surface area contributed by atoms with E-state index >= 15 is 0 Å². The van der Waals surface area contributed by atoms with Crippen LogP contribution in [0, 0.1) is 5.82 Å². The van der Waals surface area contributed by atoms with Gasteiger partial charge < -0.3 is 10.5 Å². The second-order valence-corrected chi connectivity index (χ2v) is 5.05. The minimum absolute atomic E-state index is 0.109. The number of halogens is 1. The molecule has 0 radical (unpaired) electrons. The Bertz CT molecular complexity index is 424. The fourth-order valence-corrected chi connectivity index (χ4v) is 2.47. The molecule has 2 N–H and O–H groups in total. The van der Waals surface area contributed by atoms with Crippen LogP contribution in [-0.2, 0) is 4.74 Å². The fourth-order valence-electron chi connectivity index (χ4n) is 1.50. The lowest BCUT2D eigenvalue weighted by Crippen LogP contribution is -2.06. The minimum atomic E-state index is -0.539. The predicted octanol–water partition coefficient (Wildman–Crippen LogP) is 3.48. The van der Waals surface area contributed by atoms with Gasteiger partial charge in [-0.05, 0) is 24.3 Å². The van der Waals surface area contributed by atoms with Crippen LogP contribution in [0.4, 0.5) is 10.1 Å². The second-order valence-electron chi connectivity index (χ2n) is 3.92. The monoisotopic (exact) mass is 271 g/mol. The molecular weight excluding hydrogens is 253 g/mol. The van der Waals surface area contributed by atoms with E-state index < -0.39 is 5.97 Å². The number of nitrogens with two attached hydrogens (primary N) is 1. The van der Waals surface area contributed by atoms with Crippen LogP contribution >= 0.6 is 11.8 Å². The lowest BCUT2D eigenvalue weighted by Gasteiger charge is -2.08. The largest absolute Gasteiger partial charge is 0.465 e. The van der Waals surface area contributed by atoms with Gasteiger partial charge in [-0.15, -0.1) is 11.8 Å². The summed E-state index contributed by atoms with van der Waals surface area (Å²) in [4.78, 5) is 11.9. The molecule has 0 amide bonds. The van der Waals surface area contributed by atoms with E-state index in [0.29, 0.717) is 4.90 Å². The highest BCUT2D eigenvalue weighted by Crippen LogP contribution is 2.28. The molecule has 0 aliphatic heterocycles. The number of anilines is 1. The molecule has 5 heteroatoms. The third-order valence-electron chi connectivity index (χ3n) is 2.51. The molecule has 0 spiro atoms. The quantitative estimate of drug-likeness (QED) is 0.372. The summed E-state index contributed by atoms with van der Waals surface area (Å²) in [7, 11) is 1.28. The van der Waals surface area contributed by atoms with Crippen molar-refractivity contribution in [1.29, 1.82) is 0 Å². The van der Waals surface area contributed by atoms with Crippen molar-refractivity contribution in [2.24, 2.45) is 0 Å². The van der Waals surface area contributed by atoms with E-state index in [0.717, 1.165) is 25.0 Å². The number of carbonyl (C=O) groups is 1. The summed E-state index contributed by atoms with van der Waals surface area (Å²) in [5.74, 6) is -0.0977. The van der Waals surface area contributed by atoms with E-state index in [9.17, 15) is 9.18 Å². The molecule has 0 heterocycles. The Morgan fingerprint density at radius 2 is 2.17 bits per heavy atom. The van der Waals surface area contributed by atoms with Gasteiger partial charge in [0.1, 0.15) is 5.82 Å². The van der Waals surface area contributed by atoms with Gasteiger partial charge in [-0.2, -0.15) is 0 Å². The number of unbranched alkanes of at least 4 members (excludes halogenated alkanes) is 2. The predicted molar refractivity (Wildman–Crippen MR) is 72.4 cm³/mol. The number of hydrogen-bond acceptors (Lipinski definition) is 4. The highest BCUT2D eigenvalue weighted by molar-refractivity contribution is 7.99. The number of rotatable bonds is 6. The number of nitrogen functional groups attached to an aromatic ring is 1. The van der Waals surface area contributed by atoms with Gasteiger partial charge in [-0.3, -0.25) is 0 Å². The van der Waals surface area contributed by atoms with Gasteiger partial charge in [0.15, 0.2) is 0 Å². The SMILES string of the molecule is CCCCCSc1cc(C(=O)OC)c(N)cc1F. The first-order chi connectivity index (χ1) is 8.60. The summed E-state index contributed by atoms with van der Waals surface area (Å²) in [6.07, 6.45) is 3.27. The van der Waals surface area contributed by atoms with Crippen molar-refractivity contribution in [1.82, 2.24) is 0 Å². The molecule has 1 aromatic rings. The van der Waals surface area contributed by atoms with Crippen molar-refractivity contribution in [3.05, 3.63) is 23.5 Å². The molecule has 0 saturated heterocycles. The molecule has 1 aromatic carbocycles. The van der Waals surface area contributed by atoms with E-state index in [1.165, 1.54) is 31.0 Å². The first-order valence-corrected chi connectivity index (χ1v) is 6.88. The van der Waals surface area contributed by atoms with Gasteiger partial charge in [-0.1, -0.05) is 19.8 Å². The maximum absolute atomic E-state index is 13.7. The Labute approximate surface area is 111 Å². The lowest BCUT2D eigenvalue weighted by atomic mass is 10.2. The van der Waals surface area contributed by atoms with Gasteiger partial charge in [0, 0.05) is 10.6 Å². The highest BCUT2D eigenvalue weighted by Gasteiger charge is 2.14. The number of carbonyl (C=O) groups excluding carboxylic acids is 1. The number of methoxy groups -OCH3 is 1. The van der Waals surface area contributed by atoms with E-state index in [4.69, 9.17) is 5.73 Å². The van der Waals surface area contributed by atoms with Crippen LogP contribution in [0.25, 0.3) is 0 Å². The third kappa shape index (κ3) is 3.91. The number of hydrogen-bond donors (Lipinski definition) is 1. The van der Waals surface area contributed by atoms with Crippen LogP contribution in [0.5, 0.6) is 0 Å². The Hall–Kier alpha value is -1.23. The summed E-state index contributed by atoms with van der Waals surface area (Å²) < 4.78 is 18.3. The van der Waals surface area contributed by atoms with E-state index in [2.05, 4.69) is 11.7 Å². The Kier molecular flexibility index (Phi) is 5.98. The van der Waals surface area contributed by atoms with Gasteiger partial charge in [0.2, 0.25) is 0 Å². The van der Waals surface area contributed by atoms with Crippen molar-refractivity contribution in [3.8, 4) is 0 Å². The molecule has 18 heavy (non-hydrogen) atoms. The van der Waals surface area contributed by atoms with Crippen molar-refractivity contribution in [2.45, 2.75) is 31.1 Å². The summed E-state index contributed by atoms with van der Waals surface area (Å²) in [6.45, 7) is 2.11. The van der Waals surface area contributed by atoms with Crippen LogP contribution in [-0.4, -0.2) is 18.8 Å². The summed E-state index contributed by atoms with van der Waals surface area (Å²) >= 11 is 1.40. The zero-order chi connectivity index (χ0) is 13.5. The van der Waals surface area contributed by atoms with Gasteiger partial charge in [0.25, 0.3) is 0 Å². The van der Waals surface area contributed by atoms with Crippen LogP contribution in [0.3, 0.4) is 0 Å². The Morgan fingerprint density at radius 3 is 2.78 bits per heavy atom. The molecule has 0 aliphatic rings. The molecule has 0 aliphatic carbocycles. The molecule has 0 aromatic heterocycles. The lowest BCUT2D eigenvalue weighted by molar-refractivity contribution is 0.0601. The second kappa shape index (κ2) is 7.26. The average Bonchev–Trinajstić information content (AvgIpc) is 2.36. The standard InChI is InChI=1S/C13H18FNO2S/c1-3-4-5-6-18-12-7-9(13(16)17-2)11(15)8-10(12)14/h7-8H,3-6,15H2,1-2H3. The summed E-state index contributed by atoms with van der Waals surface area (Å²) in [5, 5.41) is 0. The fraction of sp³-hybridized carbons (Fsp3) is 0.462. The van der Waals surface area contributed by atoms with Crippen molar-refractivity contribution >= 4 is 23.4 Å². The molecule has 0 fully saturated rings. The van der Waals surface area contributed by atoms with E-state index in [1.54, 1.807) is 0 Å². The molecule has 1 rings (SSSR count). The highest BCUT2D eigenvalue weighted by atomic mass is 32.2. The topological polar surface area (TPSA) is 52.3 Å². The van der Waals surface area contributed by atoms with Crippen LogP contribution in [0.2, 0.25) is 0 Å². The molecule has 0 unspecified atom stereocenters. The summed E-state index contributed by atoms with van der Waals surface area (Å²) in [6, 6.07) is 2.64. The Morgan fingerprint density at radius 1 is 1.44 bits per heavy atom. The van der Waals surface area contributed by atoms with Gasteiger partial charge >= 0.3 is 5.97 Å². The molecule has 100 valence electrons. The summed E-state index contributed by atoms with van der Waals surface area (Å²) in [5.41, 5.74) is 5.92. The zero-order valence-corrected chi connectivity index (χ0v) is 11.5. The number of benzene rings is 1. The maximum Gasteiger partial charge on any atom is 0.339 e. The van der Waals surface area contributed by atoms with Gasteiger partial charge in [-0.25, -0.2) is 9.18 Å². The molecule has 0 saturated carbocycles. The zero-order valence-electron chi connectivity index (χ0n) is 10.7. The van der Waals surface area contributed by atoms with Crippen LogP contribution < -0.4 is 5.73 Å². The number of esters is 1. The van der Waals surface area contributed by atoms with Crippen molar-refractivity contribution in [3.63, 3.8) is 0 Å². The Balaban J connectivity index is 2.81. The number of ether oxygens (including phenoxy) is 1. The van der Waals surface area contributed by atoms with E-state index in [-0.39, 0.29) is 17.1 Å². The minimum Gasteiger partial charge on any atom is -0.465 e. The first-order valence-electron chi connectivity index (χ1n) is 5.90. The third-order valence-corrected chi connectivity index (χ3v) is 3.63. The van der Waals surface area contributed by atoms with Crippen LogP contribution in [0.1, 0.15) is 36.5 Å². The van der Waals surface area contributed by atoms with Gasteiger partial charge in [0.05, 0.1) is 12.7 Å². The molecular formula is C13H18FNO2S. The molecule has 0 bridgehead atoms. The van der Waals surface area contributed by atoms with Crippen LogP contribution in [0.15, 0.2) is 17.0 Å². The first kappa shape index (κ1) is 14.8. The number of thioether (sulfide) groups is 1. The molecule has 0 atom stereocenters. The van der Waals surface area contributed by atoms with Crippen molar-refractivity contribution < 1.29 is 13.9 Å². The normalized spacial score (nSPS) is 10.4.